The Morgan fingerprint density at radius 3 is 2.44 bits per heavy atom. The number of carboxylic acid groups (broad SMARTS) is 1. The maximum absolute atomic E-state index is 11.8. The number of aryl methyl sites for hydroxylation is 1. The average Bonchev–Trinajstić information content (AvgIpc) is 2.62. The molecular formula is C20H24N2O3. The quantitative estimate of drug-likeness (QED) is 0.581. The highest BCUT2D eigenvalue weighted by Crippen LogP contribution is 2.05. The van der Waals surface area contributed by atoms with E-state index in [-0.39, 0.29) is 11.5 Å². The van der Waals surface area contributed by atoms with Gasteiger partial charge in [0.05, 0.1) is 5.56 Å². The van der Waals surface area contributed by atoms with Crippen molar-refractivity contribution in [3.8, 4) is 0 Å². The van der Waals surface area contributed by atoms with Crippen molar-refractivity contribution in [3.05, 3.63) is 71.3 Å². The molecule has 1 amide bonds. The zero-order valence-corrected chi connectivity index (χ0v) is 14.2. The molecule has 0 heterocycles. The number of benzene rings is 2. The minimum Gasteiger partial charge on any atom is -0.478 e. The van der Waals surface area contributed by atoms with Gasteiger partial charge >= 0.3 is 5.97 Å². The van der Waals surface area contributed by atoms with E-state index in [1.807, 2.05) is 24.3 Å². The standard InChI is InChI=1S/C20H24N2O3/c23-19(11-5-8-16-6-2-1-3-7-16)22-13-12-21-15-17-9-4-10-18(14-17)20(24)25/h1-4,6-7,9-10,14,21H,5,8,11-13,15H2,(H,22,23)(H,24,25). The molecule has 0 radical (unpaired) electrons. The van der Waals surface area contributed by atoms with E-state index in [1.165, 1.54) is 5.56 Å². The Bertz CT molecular complexity index is 686. The van der Waals surface area contributed by atoms with Crippen molar-refractivity contribution < 1.29 is 14.7 Å². The molecule has 0 aliphatic heterocycles. The predicted octanol–water partition coefficient (Wildman–Crippen LogP) is 2.61. The van der Waals surface area contributed by atoms with Crippen LogP contribution in [0.4, 0.5) is 0 Å². The first-order valence-electron chi connectivity index (χ1n) is 8.49. The normalized spacial score (nSPS) is 10.4. The molecule has 0 aliphatic rings. The Hall–Kier alpha value is -2.66. The highest BCUT2D eigenvalue weighted by Gasteiger charge is 2.03. The number of rotatable bonds is 10. The van der Waals surface area contributed by atoms with Gasteiger partial charge in [-0.3, -0.25) is 4.79 Å². The molecule has 3 N–H and O–H groups in total. The second kappa shape index (κ2) is 10.3. The van der Waals surface area contributed by atoms with Gasteiger partial charge in [-0.15, -0.1) is 0 Å². The number of carboxylic acids is 1. The number of hydrogen-bond acceptors (Lipinski definition) is 3. The van der Waals surface area contributed by atoms with Crippen LogP contribution in [0, 0.1) is 0 Å². The summed E-state index contributed by atoms with van der Waals surface area (Å²) >= 11 is 0. The molecule has 132 valence electrons. The fraction of sp³-hybridized carbons (Fsp3) is 0.300. The molecular weight excluding hydrogens is 316 g/mol. The molecule has 0 fully saturated rings. The maximum Gasteiger partial charge on any atom is 0.335 e. The molecule has 2 aromatic carbocycles. The number of carbonyl (C=O) groups excluding carboxylic acids is 1. The molecule has 0 aliphatic carbocycles. The van der Waals surface area contributed by atoms with Crippen molar-refractivity contribution in [2.45, 2.75) is 25.8 Å². The fourth-order valence-electron chi connectivity index (χ4n) is 2.52. The van der Waals surface area contributed by atoms with Gasteiger partial charge in [0.25, 0.3) is 0 Å². The van der Waals surface area contributed by atoms with Gasteiger partial charge < -0.3 is 15.7 Å². The third-order valence-electron chi connectivity index (χ3n) is 3.84. The zero-order chi connectivity index (χ0) is 17.9. The van der Waals surface area contributed by atoms with Crippen LogP contribution >= 0.6 is 0 Å². The van der Waals surface area contributed by atoms with E-state index in [4.69, 9.17) is 5.11 Å². The van der Waals surface area contributed by atoms with Gasteiger partial charge in [0, 0.05) is 26.1 Å². The summed E-state index contributed by atoms with van der Waals surface area (Å²) in [6, 6.07) is 17.0. The fourth-order valence-corrected chi connectivity index (χ4v) is 2.52. The van der Waals surface area contributed by atoms with Crippen LogP contribution in [-0.2, 0) is 17.8 Å². The number of amides is 1. The third kappa shape index (κ3) is 7.18. The van der Waals surface area contributed by atoms with Crippen LogP contribution in [0.2, 0.25) is 0 Å². The number of aromatic carboxylic acids is 1. The third-order valence-corrected chi connectivity index (χ3v) is 3.84. The van der Waals surface area contributed by atoms with Gasteiger partial charge in [-0.25, -0.2) is 4.79 Å². The molecule has 0 atom stereocenters. The van der Waals surface area contributed by atoms with Crippen LogP contribution in [0.25, 0.3) is 0 Å². The molecule has 0 aromatic heterocycles. The van der Waals surface area contributed by atoms with E-state index in [2.05, 4.69) is 22.8 Å². The minimum atomic E-state index is -0.926. The molecule has 5 nitrogen and oxygen atoms in total. The van der Waals surface area contributed by atoms with Gasteiger partial charge in [0.15, 0.2) is 0 Å². The SMILES string of the molecule is O=C(CCCc1ccccc1)NCCNCc1cccc(C(=O)O)c1. The lowest BCUT2D eigenvalue weighted by atomic mass is 10.1. The molecule has 2 rings (SSSR count). The van der Waals surface area contributed by atoms with Crippen LogP contribution < -0.4 is 10.6 Å². The summed E-state index contributed by atoms with van der Waals surface area (Å²) in [6.07, 6.45) is 2.27. The van der Waals surface area contributed by atoms with Gasteiger partial charge in [0.2, 0.25) is 5.91 Å². The summed E-state index contributed by atoms with van der Waals surface area (Å²) in [5, 5.41) is 15.0. The lowest BCUT2D eigenvalue weighted by Crippen LogP contribution is -2.31. The molecule has 0 unspecified atom stereocenters. The molecule has 0 saturated carbocycles. The largest absolute Gasteiger partial charge is 0.478 e. The molecule has 25 heavy (non-hydrogen) atoms. The monoisotopic (exact) mass is 340 g/mol. The van der Waals surface area contributed by atoms with E-state index in [0.29, 0.717) is 26.1 Å². The van der Waals surface area contributed by atoms with E-state index in [9.17, 15) is 9.59 Å². The smallest absolute Gasteiger partial charge is 0.335 e. The van der Waals surface area contributed by atoms with Crippen LogP contribution in [0.3, 0.4) is 0 Å². The Morgan fingerprint density at radius 2 is 1.68 bits per heavy atom. The lowest BCUT2D eigenvalue weighted by Gasteiger charge is -2.08. The molecule has 2 aromatic rings. The number of nitrogens with one attached hydrogen (secondary N) is 2. The maximum atomic E-state index is 11.8. The summed E-state index contributed by atoms with van der Waals surface area (Å²) in [5.41, 5.74) is 2.45. The highest BCUT2D eigenvalue weighted by atomic mass is 16.4. The Balaban J connectivity index is 1.56. The topological polar surface area (TPSA) is 78.4 Å². The Morgan fingerprint density at radius 1 is 0.920 bits per heavy atom. The van der Waals surface area contributed by atoms with Crippen molar-refractivity contribution >= 4 is 11.9 Å². The van der Waals surface area contributed by atoms with Crippen molar-refractivity contribution in [1.82, 2.24) is 10.6 Å². The van der Waals surface area contributed by atoms with Crippen LogP contribution in [0.1, 0.15) is 34.3 Å². The first-order chi connectivity index (χ1) is 12.1. The molecule has 0 saturated heterocycles. The van der Waals surface area contributed by atoms with Crippen molar-refractivity contribution in [2.75, 3.05) is 13.1 Å². The summed E-state index contributed by atoms with van der Waals surface area (Å²) in [4.78, 5) is 22.7. The Labute approximate surface area is 148 Å². The van der Waals surface area contributed by atoms with Crippen LogP contribution in [-0.4, -0.2) is 30.1 Å². The van der Waals surface area contributed by atoms with Crippen LogP contribution in [0.15, 0.2) is 54.6 Å². The molecule has 0 bridgehead atoms. The summed E-state index contributed by atoms with van der Waals surface area (Å²) < 4.78 is 0. The zero-order valence-electron chi connectivity index (χ0n) is 14.2. The first kappa shape index (κ1) is 18.7. The molecule has 5 heteroatoms. The lowest BCUT2D eigenvalue weighted by molar-refractivity contribution is -0.121. The summed E-state index contributed by atoms with van der Waals surface area (Å²) in [7, 11) is 0. The van der Waals surface area contributed by atoms with E-state index in [1.54, 1.807) is 18.2 Å². The first-order valence-corrected chi connectivity index (χ1v) is 8.49. The van der Waals surface area contributed by atoms with E-state index in [0.717, 1.165) is 18.4 Å². The van der Waals surface area contributed by atoms with E-state index >= 15 is 0 Å². The summed E-state index contributed by atoms with van der Waals surface area (Å²) in [6.45, 7) is 1.77. The van der Waals surface area contributed by atoms with Gasteiger partial charge in [-0.1, -0.05) is 42.5 Å². The van der Waals surface area contributed by atoms with E-state index < -0.39 is 5.97 Å². The van der Waals surface area contributed by atoms with Gasteiger partial charge in [-0.2, -0.15) is 0 Å². The van der Waals surface area contributed by atoms with Crippen molar-refractivity contribution in [1.29, 1.82) is 0 Å². The van der Waals surface area contributed by atoms with Gasteiger partial charge in [0.1, 0.15) is 0 Å². The number of carbonyl (C=O) groups is 2. The van der Waals surface area contributed by atoms with Gasteiger partial charge in [-0.05, 0) is 36.1 Å². The number of hydrogen-bond donors (Lipinski definition) is 3. The predicted molar refractivity (Wildman–Crippen MR) is 97.5 cm³/mol. The second-order valence-corrected chi connectivity index (χ2v) is 5.87. The Kier molecular flexibility index (Phi) is 7.66. The molecule has 0 spiro atoms. The average molecular weight is 340 g/mol. The van der Waals surface area contributed by atoms with Crippen LogP contribution in [0.5, 0.6) is 0 Å². The minimum absolute atomic E-state index is 0.0607. The second-order valence-electron chi connectivity index (χ2n) is 5.87. The highest BCUT2D eigenvalue weighted by molar-refractivity contribution is 5.87. The van der Waals surface area contributed by atoms with Crippen molar-refractivity contribution in [3.63, 3.8) is 0 Å². The summed E-state index contributed by atoms with van der Waals surface area (Å²) in [5.74, 6) is -0.866. The van der Waals surface area contributed by atoms with Crippen molar-refractivity contribution in [2.24, 2.45) is 0 Å².